The SMILES string of the molecule is CC[C@H](CO)NC(=O)COc1ccc(Cl)cc1Cl. The van der Waals surface area contributed by atoms with E-state index in [4.69, 9.17) is 33.0 Å². The summed E-state index contributed by atoms with van der Waals surface area (Å²) in [6.45, 7) is 1.62. The van der Waals surface area contributed by atoms with Gasteiger partial charge in [-0.2, -0.15) is 0 Å². The van der Waals surface area contributed by atoms with Gasteiger partial charge in [0.05, 0.1) is 17.7 Å². The Morgan fingerprint density at radius 2 is 2.22 bits per heavy atom. The Labute approximate surface area is 116 Å². The summed E-state index contributed by atoms with van der Waals surface area (Å²) in [5, 5.41) is 12.4. The number of aliphatic hydroxyl groups is 1. The maximum Gasteiger partial charge on any atom is 0.258 e. The molecule has 100 valence electrons. The minimum atomic E-state index is -0.304. The van der Waals surface area contributed by atoms with Gasteiger partial charge in [0.1, 0.15) is 5.75 Å². The van der Waals surface area contributed by atoms with E-state index in [1.807, 2.05) is 6.92 Å². The Bertz CT molecular complexity index is 408. The highest BCUT2D eigenvalue weighted by Crippen LogP contribution is 2.27. The summed E-state index contributed by atoms with van der Waals surface area (Å²) in [4.78, 5) is 11.5. The standard InChI is InChI=1S/C12H15Cl2NO3/c1-2-9(6-16)15-12(17)7-18-11-4-3-8(13)5-10(11)14/h3-5,9,16H,2,6-7H2,1H3,(H,15,17)/t9-/m1/s1. The third kappa shape index (κ3) is 4.72. The molecule has 1 amide bonds. The molecular formula is C12H15Cl2NO3. The van der Waals surface area contributed by atoms with Gasteiger partial charge in [0.15, 0.2) is 6.61 Å². The molecule has 0 aliphatic carbocycles. The van der Waals surface area contributed by atoms with Gasteiger partial charge in [0, 0.05) is 5.02 Å². The summed E-state index contributed by atoms with van der Waals surface area (Å²) in [5.41, 5.74) is 0. The molecule has 0 saturated carbocycles. The highest BCUT2D eigenvalue weighted by molar-refractivity contribution is 6.35. The predicted molar refractivity (Wildman–Crippen MR) is 71.3 cm³/mol. The number of hydrogen-bond donors (Lipinski definition) is 2. The normalized spacial score (nSPS) is 12.0. The molecule has 1 aromatic rings. The lowest BCUT2D eigenvalue weighted by atomic mass is 10.2. The van der Waals surface area contributed by atoms with Gasteiger partial charge in [-0.3, -0.25) is 4.79 Å². The summed E-state index contributed by atoms with van der Waals surface area (Å²) >= 11 is 11.6. The lowest BCUT2D eigenvalue weighted by Crippen LogP contribution is -2.39. The number of hydrogen-bond acceptors (Lipinski definition) is 3. The van der Waals surface area contributed by atoms with Crippen LogP contribution in [0.1, 0.15) is 13.3 Å². The van der Waals surface area contributed by atoms with Crippen molar-refractivity contribution in [1.29, 1.82) is 0 Å². The van der Waals surface area contributed by atoms with Crippen LogP contribution in [0.4, 0.5) is 0 Å². The molecule has 6 heteroatoms. The molecule has 0 unspecified atom stereocenters. The van der Waals surface area contributed by atoms with Gasteiger partial charge in [0.2, 0.25) is 0 Å². The third-order valence-corrected chi connectivity index (χ3v) is 2.86. The van der Waals surface area contributed by atoms with Crippen LogP contribution in [0.5, 0.6) is 5.75 Å². The van der Waals surface area contributed by atoms with Crippen molar-refractivity contribution in [2.45, 2.75) is 19.4 Å². The topological polar surface area (TPSA) is 58.6 Å². The molecule has 0 radical (unpaired) electrons. The molecule has 4 nitrogen and oxygen atoms in total. The van der Waals surface area contributed by atoms with Crippen LogP contribution in [0.2, 0.25) is 10.0 Å². The van der Waals surface area contributed by atoms with Crippen molar-refractivity contribution in [3.63, 3.8) is 0 Å². The minimum absolute atomic E-state index is 0.0933. The highest BCUT2D eigenvalue weighted by atomic mass is 35.5. The van der Waals surface area contributed by atoms with Crippen molar-refractivity contribution in [2.75, 3.05) is 13.2 Å². The predicted octanol–water partition coefficient (Wildman–Crippen LogP) is 2.26. The van der Waals surface area contributed by atoms with Crippen LogP contribution in [-0.4, -0.2) is 30.3 Å². The van der Waals surface area contributed by atoms with E-state index in [-0.39, 0.29) is 25.2 Å². The van der Waals surface area contributed by atoms with Crippen LogP contribution in [0.15, 0.2) is 18.2 Å². The van der Waals surface area contributed by atoms with Gasteiger partial charge >= 0.3 is 0 Å². The van der Waals surface area contributed by atoms with Gasteiger partial charge in [-0.15, -0.1) is 0 Å². The van der Waals surface area contributed by atoms with Crippen LogP contribution in [-0.2, 0) is 4.79 Å². The third-order valence-electron chi connectivity index (χ3n) is 2.33. The van der Waals surface area contributed by atoms with Crippen LogP contribution in [0, 0.1) is 0 Å². The van der Waals surface area contributed by atoms with Crippen molar-refractivity contribution in [2.24, 2.45) is 0 Å². The smallest absolute Gasteiger partial charge is 0.258 e. The fourth-order valence-corrected chi connectivity index (χ4v) is 1.74. The van der Waals surface area contributed by atoms with Gasteiger partial charge in [-0.05, 0) is 24.6 Å². The second-order valence-corrected chi connectivity index (χ2v) is 4.56. The van der Waals surface area contributed by atoms with Crippen molar-refractivity contribution in [3.05, 3.63) is 28.2 Å². The number of halogens is 2. The Hall–Kier alpha value is -0.970. The first-order valence-corrected chi connectivity index (χ1v) is 6.30. The molecule has 1 atom stereocenters. The van der Waals surface area contributed by atoms with Gasteiger partial charge in [-0.25, -0.2) is 0 Å². The summed E-state index contributed by atoms with van der Waals surface area (Å²) in [7, 11) is 0. The summed E-state index contributed by atoms with van der Waals surface area (Å²) in [6, 6.07) is 4.52. The first-order chi connectivity index (χ1) is 8.56. The Morgan fingerprint density at radius 1 is 1.50 bits per heavy atom. The second kappa shape index (κ2) is 7.46. The molecule has 0 heterocycles. The van der Waals surface area contributed by atoms with Gasteiger partial charge in [-0.1, -0.05) is 30.1 Å². The number of aliphatic hydroxyl groups excluding tert-OH is 1. The number of ether oxygens (including phenoxy) is 1. The highest BCUT2D eigenvalue weighted by Gasteiger charge is 2.10. The van der Waals surface area contributed by atoms with Crippen molar-refractivity contribution in [1.82, 2.24) is 5.32 Å². The fraction of sp³-hybridized carbons (Fsp3) is 0.417. The molecule has 1 aromatic carbocycles. The summed E-state index contributed by atoms with van der Waals surface area (Å²) in [5.74, 6) is 0.0928. The molecular weight excluding hydrogens is 277 g/mol. The molecule has 0 fully saturated rings. The molecule has 0 spiro atoms. The van der Waals surface area contributed by atoms with E-state index in [9.17, 15) is 4.79 Å². The van der Waals surface area contributed by atoms with Crippen LogP contribution >= 0.6 is 23.2 Å². The number of nitrogens with one attached hydrogen (secondary N) is 1. The molecule has 0 aliphatic heterocycles. The van der Waals surface area contributed by atoms with Gasteiger partial charge in [0.25, 0.3) is 5.91 Å². The fourth-order valence-electron chi connectivity index (χ4n) is 1.28. The number of carbonyl (C=O) groups is 1. The van der Waals surface area contributed by atoms with Gasteiger partial charge < -0.3 is 15.2 Å². The van der Waals surface area contributed by atoms with E-state index in [2.05, 4.69) is 5.32 Å². The molecule has 0 bridgehead atoms. The average molecular weight is 292 g/mol. The quantitative estimate of drug-likeness (QED) is 0.845. The largest absolute Gasteiger partial charge is 0.482 e. The van der Waals surface area contributed by atoms with E-state index in [0.29, 0.717) is 22.2 Å². The first kappa shape index (κ1) is 15.1. The van der Waals surface area contributed by atoms with Crippen LogP contribution in [0.25, 0.3) is 0 Å². The summed E-state index contributed by atoms with van der Waals surface area (Å²) < 4.78 is 5.26. The molecule has 1 rings (SSSR count). The zero-order valence-electron chi connectivity index (χ0n) is 9.95. The van der Waals surface area contributed by atoms with Crippen LogP contribution in [0.3, 0.4) is 0 Å². The van der Waals surface area contributed by atoms with E-state index >= 15 is 0 Å². The molecule has 18 heavy (non-hydrogen) atoms. The zero-order chi connectivity index (χ0) is 13.5. The molecule has 0 aromatic heterocycles. The Morgan fingerprint density at radius 3 is 2.78 bits per heavy atom. The minimum Gasteiger partial charge on any atom is -0.482 e. The van der Waals surface area contributed by atoms with E-state index in [0.717, 1.165) is 0 Å². The zero-order valence-corrected chi connectivity index (χ0v) is 11.5. The van der Waals surface area contributed by atoms with E-state index in [1.54, 1.807) is 18.2 Å². The number of carbonyl (C=O) groups excluding carboxylic acids is 1. The maximum atomic E-state index is 11.5. The number of amides is 1. The van der Waals surface area contributed by atoms with E-state index in [1.165, 1.54) is 0 Å². The van der Waals surface area contributed by atoms with Crippen LogP contribution < -0.4 is 10.1 Å². The summed E-state index contributed by atoms with van der Waals surface area (Å²) in [6.07, 6.45) is 0.657. The van der Waals surface area contributed by atoms with Crippen molar-refractivity contribution >= 4 is 29.1 Å². The van der Waals surface area contributed by atoms with Crippen molar-refractivity contribution < 1.29 is 14.6 Å². The Kier molecular flexibility index (Phi) is 6.25. The molecule has 0 saturated heterocycles. The number of benzene rings is 1. The van der Waals surface area contributed by atoms with Crippen molar-refractivity contribution in [3.8, 4) is 5.75 Å². The first-order valence-electron chi connectivity index (χ1n) is 5.54. The second-order valence-electron chi connectivity index (χ2n) is 3.72. The molecule has 0 aliphatic rings. The Balaban J connectivity index is 2.47. The molecule has 2 N–H and O–H groups in total. The maximum absolute atomic E-state index is 11.5. The monoisotopic (exact) mass is 291 g/mol. The van der Waals surface area contributed by atoms with E-state index < -0.39 is 0 Å². The lowest BCUT2D eigenvalue weighted by molar-refractivity contribution is -0.124. The number of rotatable bonds is 6. The average Bonchev–Trinajstić information content (AvgIpc) is 2.35. The lowest BCUT2D eigenvalue weighted by Gasteiger charge is -2.14.